The molecule has 3 atom stereocenters. The maximum absolute atomic E-state index is 9.78. The van der Waals surface area contributed by atoms with Gasteiger partial charge >= 0.3 is 0 Å². The Bertz CT molecular complexity index is 477. The largest absolute Gasteiger partial charge is 0.490 e. The van der Waals surface area contributed by atoms with Crippen molar-refractivity contribution >= 4 is 0 Å². The van der Waals surface area contributed by atoms with Crippen molar-refractivity contribution in [3.8, 4) is 11.5 Å². The highest BCUT2D eigenvalue weighted by molar-refractivity contribution is 5.44. The summed E-state index contributed by atoms with van der Waals surface area (Å²) < 4.78 is 11.4. The summed E-state index contributed by atoms with van der Waals surface area (Å²) in [5.74, 6) is 1.69. The van der Waals surface area contributed by atoms with Crippen LogP contribution in [0.15, 0.2) is 18.2 Å². The molecule has 0 amide bonds. The first kappa shape index (κ1) is 14.7. The van der Waals surface area contributed by atoms with E-state index in [0.29, 0.717) is 12.6 Å². The highest BCUT2D eigenvalue weighted by Gasteiger charge is 2.22. The van der Waals surface area contributed by atoms with Gasteiger partial charge in [0.1, 0.15) is 0 Å². The summed E-state index contributed by atoms with van der Waals surface area (Å²) in [4.78, 5) is 0. The van der Waals surface area contributed by atoms with Crippen LogP contribution in [-0.2, 0) is 0 Å². The van der Waals surface area contributed by atoms with E-state index in [2.05, 4.69) is 24.4 Å². The Labute approximate surface area is 126 Å². The highest BCUT2D eigenvalue weighted by Crippen LogP contribution is 2.32. The van der Waals surface area contributed by atoms with Crippen molar-refractivity contribution in [2.45, 2.75) is 57.2 Å². The second-order valence-corrected chi connectivity index (χ2v) is 6.16. The Morgan fingerprint density at radius 2 is 1.95 bits per heavy atom. The lowest BCUT2D eigenvalue weighted by molar-refractivity contribution is 0.109. The van der Waals surface area contributed by atoms with Gasteiger partial charge in [0.2, 0.25) is 0 Å². The van der Waals surface area contributed by atoms with E-state index in [1.807, 2.05) is 6.07 Å². The molecule has 0 spiro atoms. The van der Waals surface area contributed by atoms with Crippen LogP contribution >= 0.6 is 0 Å². The molecule has 3 unspecified atom stereocenters. The average molecular weight is 291 g/mol. The molecule has 1 saturated carbocycles. The second kappa shape index (κ2) is 6.67. The van der Waals surface area contributed by atoms with Crippen molar-refractivity contribution in [1.29, 1.82) is 0 Å². The fourth-order valence-corrected chi connectivity index (χ4v) is 3.21. The van der Waals surface area contributed by atoms with E-state index in [1.165, 1.54) is 5.56 Å². The standard InChI is InChI=1S/C17H25NO3/c1-12(18-14-4-2-5-15(19)11-14)13-6-7-16-17(10-13)21-9-3-8-20-16/h6-7,10,12,14-15,18-19H,2-5,8-9,11H2,1H3. The van der Waals surface area contributed by atoms with Crippen molar-refractivity contribution in [1.82, 2.24) is 5.32 Å². The molecule has 21 heavy (non-hydrogen) atoms. The van der Waals surface area contributed by atoms with Gasteiger partial charge in [0.15, 0.2) is 11.5 Å². The lowest BCUT2D eigenvalue weighted by atomic mass is 9.92. The third-order valence-corrected chi connectivity index (χ3v) is 4.40. The minimum absolute atomic E-state index is 0.146. The van der Waals surface area contributed by atoms with Crippen molar-refractivity contribution in [3.05, 3.63) is 23.8 Å². The first-order chi connectivity index (χ1) is 10.2. The smallest absolute Gasteiger partial charge is 0.161 e. The molecule has 1 heterocycles. The van der Waals surface area contributed by atoms with Crippen LogP contribution in [0.2, 0.25) is 0 Å². The molecule has 1 fully saturated rings. The predicted octanol–water partition coefficient (Wildman–Crippen LogP) is 2.80. The fraction of sp³-hybridized carbons (Fsp3) is 0.647. The number of hydrogen-bond acceptors (Lipinski definition) is 4. The molecule has 1 aromatic carbocycles. The Morgan fingerprint density at radius 3 is 2.76 bits per heavy atom. The lowest BCUT2D eigenvalue weighted by Crippen LogP contribution is -2.37. The fourth-order valence-electron chi connectivity index (χ4n) is 3.21. The monoisotopic (exact) mass is 291 g/mol. The number of nitrogens with one attached hydrogen (secondary N) is 1. The number of hydrogen-bond donors (Lipinski definition) is 2. The van der Waals surface area contributed by atoms with Gasteiger partial charge in [0.05, 0.1) is 19.3 Å². The van der Waals surface area contributed by atoms with Gasteiger partial charge in [-0.2, -0.15) is 0 Å². The van der Waals surface area contributed by atoms with Crippen LogP contribution in [0.3, 0.4) is 0 Å². The van der Waals surface area contributed by atoms with Crippen LogP contribution in [0.25, 0.3) is 0 Å². The summed E-state index contributed by atoms with van der Waals surface area (Å²) in [7, 11) is 0. The summed E-state index contributed by atoms with van der Waals surface area (Å²) in [6, 6.07) is 6.84. The predicted molar refractivity (Wildman–Crippen MR) is 81.9 cm³/mol. The van der Waals surface area contributed by atoms with Gasteiger partial charge < -0.3 is 19.9 Å². The van der Waals surface area contributed by atoms with Gasteiger partial charge in [-0.1, -0.05) is 6.07 Å². The molecule has 2 aliphatic rings. The van der Waals surface area contributed by atoms with E-state index in [4.69, 9.17) is 9.47 Å². The summed E-state index contributed by atoms with van der Waals surface area (Å²) >= 11 is 0. The molecule has 0 bridgehead atoms. The molecule has 0 aromatic heterocycles. The van der Waals surface area contributed by atoms with Gasteiger partial charge in [-0.3, -0.25) is 0 Å². The molecule has 4 heteroatoms. The van der Waals surface area contributed by atoms with Crippen molar-refractivity contribution < 1.29 is 14.6 Å². The van der Waals surface area contributed by atoms with Crippen molar-refractivity contribution in [3.63, 3.8) is 0 Å². The molecule has 1 aliphatic carbocycles. The minimum Gasteiger partial charge on any atom is -0.490 e. The van der Waals surface area contributed by atoms with Crippen LogP contribution in [0, 0.1) is 0 Å². The Hall–Kier alpha value is -1.26. The molecule has 0 radical (unpaired) electrons. The van der Waals surface area contributed by atoms with Crippen LogP contribution < -0.4 is 14.8 Å². The van der Waals surface area contributed by atoms with E-state index in [0.717, 1.165) is 50.2 Å². The number of aliphatic hydroxyl groups is 1. The first-order valence-electron chi connectivity index (χ1n) is 8.06. The topological polar surface area (TPSA) is 50.7 Å². The molecule has 1 aliphatic heterocycles. The van der Waals surface area contributed by atoms with Crippen molar-refractivity contribution in [2.24, 2.45) is 0 Å². The maximum Gasteiger partial charge on any atom is 0.161 e. The van der Waals surface area contributed by atoms with Gasteiger partial charge in [-0.15, -0.1) is 0 Å². The number of fused-ring (bicyclic) bond motifs is 1. The Morgan fingerprint density at radius 1 is 1.14 bits per heavy atom. The van der Waals surface area contributed by atoms with Crippen LogP contribution in [0.4, 0.5) is 0 Å². The van der Waals surface area contributed by atoms with Crippen LogP contribution in [0.5, 0.6) is 11.5 Å². The summed E-state index contributed by atoms with van der Waals surface area (Å²) in [6.45, 7) is 3.60. The van der Waals surface area contributed by atoms with Gasteiger partial charge in [0, 0.05) is 18.5 Å². The minimum atomic E-state index is -0.146. The number of benzene rings is 1. The molecule has 116 valence electrons. The van der Waals surface area contributed by atoms with Crippen LogP contribution in [-0.4, -0.2) is 30.5 Å². The molecular weight excluding hydrogens is 266 g/mol. The number of rotatable bonds is 3. The van der Waals surface area contributed by atoms with Crippen LogP contribution in [0.1, 0.15) is 50.6 Å². The lowest BCUT2D eigenvalue weighted by Gasteiger charge is -2.29. The number of ether oxygens (including phenoxy) is 2. The quantitative estimate of drug-likeness (QED) is 0.899. The zero-order chi connectivity index (χ0) is 14.7. The van der Waals surface area contributed by atoms with Gasteiger partial charge in [-0.25, -0.2) is 0 Å². The zero-order valence-electron chi connectivity index (χ0n) is 12.7. The molecule has 1 aromatic rings. The third-order valence-electron chi connectivity index (χ3n) is 4.40. The van der Waals surface area contributed by atoms with E-state index in [1.54, 1.807) is 0 Å². The molecule has 3 rings (SSSR count). The van der Waals surface area contributed by atoms with Crippen molar-refractivity contribution in [2.75, 3.05) is 13.2 Å². The summed E-state index contributed by atoms with van der Waals surface area (Å²) in [5, 5.41) is 13.4. The molecule has 4 nitrogen and oxygen atoms in total. The Balaban J connectivity index is 1.66. The van der Waals surface area contributed by atoms with E-state index >= 15 is 0 Å². The van der Waals surface area contributed by atoms with Gasteiger partial charge in [-0.05, 0) is 50.3 Å². The first-order valence-corrected chi connectivity index (χ1v) is 8.06. The Kier molecular flexibility index (Phi) is 4.66. The van der Waals surface area contributed by atoms with Gasteiger partial charge in [0.25, 0.3) is 0 Å². The van der Waals surface area contributed by atoms with E-state index in [9.17, 15) is 5.11 Å². The zero-order valence-corrected chi connectivity index (χ0v) is 12.7. The SMILES string of the molecule is CC(NC1CCCC(O)C1)c1ccc2c(c1)OCCCO2. The number of aliphatic hydroxyl groups excluding tert-OH is 1. The average Bonchev–Trinajstić information content (AvgIpc) is 2.71. The van der Waals surface area contributed by atoms with E-state index < -0.39 is 0 Å². The summed E-state index contributed by atoms with van der Waals surface area (Å²) in [5.41, 5.74) is 1.21. The second-order valence-electron chi connectivity index (χ2n) is 6.16. The molecule has 0 saturated heterocycles. The maximum atomic E-state index is 9.78. The summed E-state index contributed by atoms with van der Waals surface area (Å²) in [6.07, 6.45) is 4.83. The molecule has 2 N–H and O–H groups in total. The van der Waals surface area contributed by atoms with E-state index in [-0.39, 0.29) is 12.1 Å². The molecular formula is C17H25NO3. The highest BCUT2D eigenvalue weighted by atomic mass is 16.5. The normalized spacial score (nSPS) is 27.0. The third kappa shape index (κ3) is 3.69.